The molecule has 1 amide bonds. The number of benzene rings is 3. The maximum Gasteiger partial charge on any atom is 0.264 e. The quantitative estimate of drug-likeness (QED) is 0.505. The lowest BCUT2D eigenvalue weighted by Gasteiger charge is -2.34. The Morgan fingerprint density at radius 2 is 1.68 bits per heavy atom. The summed E-state index contributed by atoms with van der Waals surface area (Å²) in [5.74, 6) is 0.0214. The van der Waals surface area contributed by atoms with Gasteiger partial charge in [-0.05, 0) is 68.2 Å². The Morgan fingerprint density at radius 3 is 2.46 bits per heavy atom. The first-order valence-electron chi connectivity index (χ1n) is 12.8. The van der Waals surface area contributed by atoms with Crippen LogP contribution in [0.3, 0.4) is 0 Å². The van der Waals surface area contributed by atoms with Gasteiger partial charge in [-0.3, -0.25) is 14.0 Å². The van der Waals surface area contributed by atoms with Crippen LogP contribution < -0.4 is 14.4 Å². The number of likely N-dealkylation sites (tertiary alicyclic amines) is 1. The number of rotatable bonds is 7. The number of carbonyl (C=O) groups is 1. The summed E-state index contributed by atoms with van der Waals surface area (Å²) >= 11 is 0. The number of para-hydroxylation sites is 2. The molecule has 5 rings (SSSR count). The van der Waals surface area contributed by atoms with E-state index < -0.39 is 16.1 Å². The average Bonchev–Trinajstić information content (AvgIpc) is 2.92. The molecule has 1 N–H and O–H groups in total. The SMILES string of the molecule is Cc1ccc(S(=O)(=O)N2C[C@H](C(=O)NCc3cccc(CN4CCCCC4)c3)Oc3ccccc32)cc1. The third kappa shape index (κ3) is 5.81. The van der Waals surface area contributed by atoms with Crippen LogP contribution in [-0.2, 0) is 27.9 Å². The van der Waals surface area contributed by atoms with Crippen molar-refractivity contribution in [3.8, 4) is 5.75 Å². The molecule has 0 aromatic heterocycles. The van der Waals surface area contributed by atoms with Crippen molar-refractivity contribution in [3.63, 3.8) is 0 Å². The molecule has 3 aromatic carbocycles. The highest BCUT2D eigenvalue weighted by Crippen LogP contribution is 2.36. The van der Waals surface area contributed by atoms with Gasteiger partial charge >= 0.3 is 0 Å². The van der Waals surface area contributed by atoms with Gasteiger partial charge in [-0.2, -0.15) is 0 Å². The minimum absolute atomic E-state index is 0.103. The predicted octanol–water partition coefficient (Wildman–Crippen LogP) is 4.25. The summed E-state index contributed by atoms with van der Waals surface area (Å²) in [6, 6.07) is 21.9. The molecule has 1 fully saturated rings. The topological polar surface area (TPSA) is 79.0 Å². The highest BCUT2D eigenvalue weighted by atomic mass is 32.2. The molecule has 0 radical (unpaired) electrons. The van der Waals surface area contributed by atoms with Gasteiger partial charge in [0.15, 0.2) is 6.10 Å². The molecular weight excluding hydrogens is 486 g/mol. The van der Waals surface area contributed by atoms with Gasteiger partial charge in [0.2, 0.25) is 0 Å². The lowest BCUT2D eigenvalue weighted by Crippen LogP contribution is -2.50. The largest absolute Gasteiger partial charge is 0.476 e. The molecule has 7 nitrogen and oxygen atoms in total. The Bertz CT molecular complexity index is 1350. The number of fused-ring (bicyclic) bond motifs is 1. The number of nitrogens with one attached hydrogen (secondary N) is 1. The van der Waals surface area contributed by atoms with Gasteiger partial charge in [0.05, 0.1) is 17.1 Å². The summed E-state index contributed by atoms with van der Waals surface area (Å²) in [6.45, 7) is 5.32. The van der Waals surface area contributed by atoms with Gasteiger partial charge in [-0.25, -0.2) is 8.42 Å². The minimum Gasteiger partial charge on any atom is -0.476 e. The van der Waals surface area contributed by atoms with Crippen molar-refractivity contribution in [1.82, 2.24) is 10.2 Å². The van der Waals surface area contributed by atoms with E-state index in [-0.39, 0.29) is 17.3 Å². The molecule has 0 saturated carbocycles. The molecule has 1 atom stereocenters. The number of hydrogen-bond donors (Lipinski definition) is 1. The van der Waals surface area contributed by atoms with Crippen LogP contribution in [0.25, 0.3) is 0 Å². The number of aryl methyl sites for hydroxylation is 1. The number of ether oxygens (including phenoxy) is 1. The smallest absolute Gasteiger partial charge is 0.264 e. The monoisotopic (exact) mass is 519 g/mol. The number of anilines is 1. The number of nitrogens with zero attached hydrogens (tertiary/aromatic N) is 2. The highest BCUT2D eigenvalue weighted by Gasteiger charge is 2.37. The Labute approximate surface area is 219 Å². The second kappa shape index (κ2) is 10.9. The van der Waals surface area contributed by atoms with Gasteiger partial charge in [-0.1, -0.05) is 60.5 Å². The molecule has 0 unspecified atom stereocenters. The number of carbonyl (C=O) groups excluding carboxylic acids is 1. The molecule has 0 bridgehead atoms. The third-order valence-electron chi connectivity index (χ3n) is 6.95. The van der Waals surface area contributed by atoms with E-state index in [2.05, 4.69) is 22.3 Å². The van der Waals surface area contributed by atoms with Crippen LogP contribution in [0.2, 0.25) is 0 Å². The summed E-state index contributed by atoms with van der Waals surface area (Å²) in [5.41, 5.74) is 3.63. The van der Waals surface area contributed by atoms with E-state index in [4.69, 9.17) is 4.74 Å². The maximum absolute atomic E-state index is 13.5. The number of amides is 1. The summed E-state index contributed by atoms with van der Waals surface area (Å²) in [7, 11) is -3.88. The Morgan fingerprint density at radius 1 is 0.946 bits per heavy atom. The van der Waals surface area contributed by atoms with E-state index in [9.17, 15) is 13.2 Å². The fourth-order valence-electron chi connectivity index (χ4n) is 4.92. The first-order valence-corrected chi connectivity index (χ1v) is 14.3. The van der Waals surface area contributed by atoms with Crippen LogP contribution in [0.4, 0.5) is 5.69 Å². The van der Waals surface area contributed by atoms with Gasteiger partial charge in [-0.15, -0.1) is 0 Å². The van der Waals surface area contributed by atoms with Crippen LogP contribution >= 0.6 is 0 Å². The van der Waals surface area contributed by atoms with Crippen LogP contribution in [0, 0.1) is 6.92 Å². The first-order chi connectivity index (χ1) is 17.9. The molecule has 3 aromatic rings. The van der Waals surface area contributed by atoms with Crippen molar-refractivity contribution in [2.45, 2.75) is 50.3 Å². The predicted molar refractivity (Wildman–Crippen MR) is 144 cm³/mol. The van der Waals surface area contributed by atoms with Gasteiger partial charge in [0, 0.05) is 13.1 Å². The second-order valence-electron chi connectivity index (χ2n) is 9.80. The van der Waals surface area contributed by atoms with Gasteiger partial charge in [0.1, 0.15) is 5.75 Å². The lowest BCUT2D eigenvalue weighted by atomic mass is 10.1. The molecule has 8 heteroatoms. The Hall–Kier alpha value is -3.36. The van der Waals surface area contributed by atoms with Crippen molar-refractivity contribution in [2.24, 2.45) is 0 Å². The lowest BCUT2D eigenvalue weighted by molar-refractivity contribution is -0.127. The Balaban J connectivity index is 1.29. The van der Waals surface area contributed by atoms with E-state index in [1.54, 1.807) is 48.5 Å². The van der Waals surface area contributed by atoms with Crippen molar-refractivity contribution in [2.75, 3.05) is 23.9 Å². The number of sulfonamides is 1. The molecule has 1 saturated heterocycles. The van der Waals surface area contributed by atoms with Crippen molar-refractivity contribution in [3.05, 3.63) is 89.5 Å². The third-order valence-corrected chi connectivity index (χ3v) is 8.74. The highest BCUT2D eigenvalue weighted by molar-refractivity contribution is 7.92. The molecule has 194 valence electrons. The van der Waals surface area contributed by atoms with E-state index in [0.29, 0.717) is 18.0 Å². The van der Waals surface area contributed by atoms with Gasteiger partial charge < -0.3 is 10.1 Å². The zero-order chi connectivity index (χ0) is 25.8. The second-order valence-corrected chi connectivity index (χ2v) is 11.7. The summed E-state index contributed by atoms with van der Waals surface area (Å²) in [4.78, 5) is 15.8. The normalized spacial score (nSPS) is 18.1. The standard InChI is InChI=1S/C29H33N3O4S/c1-22-12-14-25(15-13-22)37(34,35)32-21-28(36-27-11-4-3-10-26(27)32)29(33)30-19-23-8-7-9-24(18-23)20-31-16-5-2-6-17-31/h3-4,7-15,18,28H,2,5-6,16-17,19-21H2,1H3,(H,30,33)/t28-/m1/s1. The van der Waals surface area contributed by atoms with Gasteiger partial charge in [0.25, 0.3) is 15.9 Å². The fraction of sp³-hybridized carbons (Fsp3) is 0.345. The van der Waals surface area contributed by atoms with E-state index in [1.807, 2.05) is 19.1 Å². The summed E-state index contributed by atoms with van der Waals surface area (Å²) in [5, 5.41) is 2.95. The number of hydrogen-bond acceptors (Lipinski definition) is 5. The Kier molecular flexibility index (Phi) is 7.48. The summed E-state index contributed by atoms with van der Waals surface area (Å²) in [6.07, 6.45) is 2.83. The molecule has 2 aliphatic heterocycles. The van der Waals surface area contributed by atoms with Crippen molar-refractivity contribution in [1.29, 1.82) is 0 Å². The van der Waals surface area contributed by atoms with Crippen LogP contribution in [0.15, 0.2) is 77.7 Å². The molecule has 37 heavy (non-hydrogen) atoms. The first kappa shape index (κ1) is 25.3. The van der Waals surface area contributed by atoms with E-state index in [1.165, 1.54) is 29.1 Å². The van der Waals surface area contributed by atoms with Crippen molar-refractivity contribution < 1.29 is 17.9 Å². The molecule has 2 heterocycles. The molecule has 0 aliphatic carbocycles. The van der Waals surface area contributed by atoms with Crippen LogP contribution in [-0.4, -0.2) is 45.0 Å². The average molecular weight is 520 g/mol. The molecular formula is C29H33N3O4S. The fourth-order valence-corrected chi connectivity index (χ4v) is 6.40. The number of piperidine rings is 1. The van der Waals surface area contributed by atoms with Crippen molar-refractivity contribution >= 4 is 21.6 Å². The molecule has 0 spiro atoms. The summed E-state index contributed by atoms with van der Waals surface area (Å²) < 4.78 is 34.3. The van der Waals surface area contributed by atoms with Crippen LogP contribution in [0.1, 0.15) is 36.0 Å². The maximum atomic E-state index is 13.5. The minimum atomic E-state index is -3.88. The zero-order valence-corrected chi connectivity index (χ0v) is 21.9. The zero-order valence-electron chi connectivity index (χ0n) is 21.1. The van der Waals surface area contributed by atoms with Crippen LogP contribution in [0.5, 0.6) is 5.75 Å². The van der Waals surface area contributed by atoms with E-state index in [0.717, 1.165) is 30.8 Å². The van der Waals surface area contributed by atoms with E-state index >= 15 is 0 Å². The molecule has 2 aliphatic rings.